The van der Waals surface area contributed by atoms with E-state index in [1.54, 1.807) is 31.4 Å². The Labute approximate surface area is 170 Å². The summed E-state index contributed by atoms with van der Waals surface area (Å²) in [4.78, 5) is 12.0. The van der Waals surface area contributed by atoms with Crippen LogP contribution in [-0.4, -0.2) is 43.5 Å². The number of hydrogen-bond donors (Lipinski definition) is 2. The van der Waals surface area contributed by atoms with Crippen LogP contribution in [0.2, 0.25) is 5.02 Å². The van der Waals surface area contributed by atoms with E-state index in [1.807, 2.05) is 32.0 Å². The van der Waals surface area contributed by atoms with E-state index in [0.29, 0.717) is 35.2 Å². The van der Waals surface area contributed by atoms with Crippen LogP contribution < -0.4 is 19.5 Å². The molecule has 2 aromatic carbocycles. The van der Waals surface area contributed by atoms with Crippen molar-refractivity contribution >= 4 is 17.5 Å². The van der Waals surface area contributed by atoms with Gasteiger partial charge in [0.05, 0.1) is 13.2 Å². The number of nitrogens with one attached hydrogen (secondary N) is 1. The summed E-state index contributed by atoms with van der Waals surface area (Å²) < 4.78 is 16.4. The van der Waals surface area contributed by atoms with Gasteiger partial charge in [-0.3, -0.25) is 4.79 Å². The van der Waals surface area contributed by atoms with E-state index in [4.69, 9.17) is 25.8 Å². The lowest BCUT2D eigenvalue weighted by molar-refractivity contribution is -0.130. The molecule has 1 atom stereocenters. The van der Waals surface area contributed by atoms with Crippen LogP contribution >= 0.6 is 11.6 Å². The third-order valence-corrected chi connectivity index (χ3v) is 4.08. The highest BCUT2D eigenvalue weighted by atomic mass is 35.5. The van der Waals surface area contributed by atoms with Gasteiger partial charge in [0, 0.05) is 11.6 Å². The van der Waals surface area contributed by atoms with Gasteiger partial charge >= 0.3 is 0 Å². The van der Waals surface area contributed by atoms with E-state index < -0.39 is 12.0 Å². The highest BCUT2D eigenvalue weighted by molar-refractivity contribution is 6.30. The number of aliphatic hydroxyl groups is 1. The molecule has 0 saturated heterocycles. The van der Waals surface area contributed by atoms with Gasteiger partial charge in [-0.2, -0.15) is 0 Å². The zero-order chi connectivity index (χ0) is 20.5. The Bertz CT molecular complexity index is 764. The number of benzene rings is 2. The summed E-state index contributed by atoms with van der Waals surface area (Å²) in [6.45, 7) is 4.14. The number of ether oxygens (including phenoxy) is 3. The molecule has 0 spiro atoms. The monoisotopic (exact) mass is 407 g/mol. The lowest BCUT2D eigenvalue weighted by Crippen LogP contribution is -2.39. The van der Waals surface area contributed by atoms with Crippen LogP contribution in [0.3, 0.4) is 0 Å². The summed E-state index contributed by atoms with van der Waals surface area (Å²) in [6.07, 6.45) is -0.614. The number of methoxy groups -OCH3 is 1. The Balaban J connectivity index is 1.78. The predicted molar refractivity (Wildman–Crippen MR) is 108 cm³/mol. The second-order valence-corrected chi connectivity index (χ2v) is 6.91. The van der Waals surface area contributed by atoms with Gasteiger partial charge < -0.3 is 24.6 Å². The number of halogens is 1. The Hall–Kier alpha value is -2.44. The van der Waals surface area contributed by atoms with E-state index in [0.717, 1.165) is 5.56 Å². The molecule has 0 aliphatic carbocycles. The van der Waals surface area contributed by atoms with E-state index in [1.165, 1.54) is 0 Å². The van der Waals surface area contributed by atoms with Gasteiger partial charge in [0.2, 0.25) is 0 Å². The summed E-state index contributed by atoms with van der Waals surface area (Å²) in [5, 5.41) is 13.2. The lowest BCUT2D eigenvalue weighted by atomic mass is 10.1. The first-order chi connectivity index (χ1) is 13.4. The quantitative estimate of drug-likeness (QED) is 0.632. The maximum absolute atomic E-state index is 12.0. The summed E-state index contributed by atoms with van der Waals surface area (Å²) in [6, 6.07) is 12.4. The van der Waals surface area contributed by atoms with E-state index >= 15 is 0 Å². The van der Waals surface area contributed by atoms with Crippen molar-refractivity contribution in [3.63, 3.8) is 0 Å². The van der Waals surface area contributed by atoms with Crippen molar-refractivity contribution in [2.24, 2.45) is 0 Å². The molecule has 1 amide bonds. The topological polar surface area (TPSA) is 77.0 Å². The number of carbonyl (C=O) groups is 1. The molecule has 0 aliphatic heterocycles. The van der Waals surface area contributed by atoms with Crippen molar-refractivity contribution in [1.29, 1.82) is 0 Å². The Morgan fingerprint density at radius 3 is 2.50 bits per heavy atom. The minimum atomic E-state index is -1.26. The van der Waals surface area contributed by atoms with Gasteiger partial charge in [0.25, 0.3) is 5.91 Å². The normalized spacial score (nSPS) is 11.8. The Morgan fingerprint density at radius 1 is 1.14 bits per heavy atom. The average molecular weight is 408 g/mol. The molecule has 152 valence electrons. The molecule has 28 heavy (non-hydrogen) atoms. The fourth-order valence-electron chi connectivity index (χ4n) is 2.45. The van der Waals surface area contributed by atoms with Crippen molar-refractivity contribution in [2.75, 3.05) is 20.3 Å². The standard InChI is InChI=1S/C21H26ClNO5/c1-14(2)28-19-9-4-15(12-20(19)26-3)10-11-23-21(25)18(24)13-27-17-7-5-16(22)6-8-17/h4-9,12,14,18,24H,10-11,13H2,1-3H3,(H,23,25). The van der Waals surface area contributed by atoms with Gasteiger partial charge in [-0.25, -0.2) is 0 Å². The summed E-state index contributed by atoms with van der Waals surface area (Å²) in [5.74, 6) is 1.38. The minimum absolute atomic E-state index is 0.0515. The number of hydrogen-bond acceptors (Lipinski definition) is 5. The van der Waals surface area contributed by atoms with Gasteiger partial charge in [-0.05, 0) is 62.2 Å². The molecule has 2 aromatic rings. The molecular weight excluding hydrogens is 382 g/mol. The number of aliphatic hydroxyl groups excluding tert-OH is 1. The third-order valence-electron chi connectivity index (χ3n) is 3.83. The van der Waals surface area contributed by atoms with Gasteiger partial charge in [0.1, 0.15) is 12.4 Å². The van der Waals surface area contributed by atoms with Crippen molar-refractivity contribution < 1.29 is 24.1 Å². The third kappa shape index (κ3) is 6.94. The fraction of sp³-hybridized carbons (Fsp3) is 0.381. The maximum atomic E-state index is 12.0. The molecular formula is C21H26ClNO5. The van der Waals surface area contributed by atoms with Crippen molar-refractivity contribution in [2.45, 2.75) is 32.5 Å². The molecule has 0 radical (unpaired) electrons. The average Bonchev–Trinajstić information content (AvgIpc) is 2.67. The van der Waals surface area contributed by atoms with Crippen LogP contribution in [-0.2, 0) is 11.2 Å². The van der Waals surface area contributed by atoms with Crippen molar-refractivity contribution in [1.82, 2.24) is 5.32 Å². The molecule has 2 rings (SSSR count). The zero-order valence-electron chi connectivity index (χ0n) is 16.3. The first-order valence-electron chi connectivity index (χ1n) is 9.06. The molecule has 0 saturated carbocycles. The smallest absolute Gasteiger partial charge is 0.252 e. The largest absolute Gasteiger partial charge is 0.493 e. The molecule has 0 aromatic heterocycles. The first-order valence-corrected chi connectivity index (χ1v) is 9.44. The van der Waals surface area contributed by atoms with Crippen molar-refractivity contribution in [3.05, 3.63) is 53.1 Å². The van der Waals surface area contributed by atoms with E-state index in [9.17, 15) is 9.90 Å². The van der Waals surface area contributed by atoms with Gasteiger partial charge in [0.15, 0.2) is 17.6 Å². The Morgan fingerprint density at radius 2 is 1.86 bits per heavy atom. The zero-order valence-corrected chi connectivity index (χ0v) is 17.0. The molecule has 0 aliphatic rings. The molecule has 0 fully saturated rings. The summed E-state index contributed by atoms with van der Waals surface area (Å²) >= 11 is 5.80. The molecule has 0 bridgehead atoms. The summed E-state index contributed by atoms with van der Waals surface area (Å²) in [5.41, 5.74) is 0.986. The SMILES string of the molecule is COc1cc(CCNC(=O)C(O)COc2ccc(Cl)cc2)ccc1OC(C)C. The molecule has 2 N–H and O–H groups in total. The van der Waals surface area contributed by atoms with E-state index in [-0.39, 0.29) is 12.7 Å². The second kappa shape index (κ2) is 10.8. The molecule has 1 unspecified atom stereocenters. The highest BCUT2D eigenvalue weighted by Crippen LogP contribution is 2.29. The van der Waals surface area contributed by atoms with E-state index in [2.05, 4.69) is 5.32 Å². The van der Waals surface area contributed by atoms with Crippen molar-refractivity contribution in [3.8, 4) is 17.2 Å². The van der Waals surface area contributed by atoms with Gasteiger partial charge in [-0.15, -0.1) is 0 Å². The van der Waals surface area contributed by atoms with Crippen LogP contribution in [0.1, 0.15) is 19.4 Å². The predicted octanol–water partition coefficient (Wildman–Crippen LogP) is 3.23. The highest BCUT2D eigenvalue weighted by Gasteiger charge is 2.15. The van der Waals surface area contributed by atoms with Crippen LogP contribution in [0.4, 0.5) is 0 Å². The van der Waals surface area contributed by atoms with Crippen LogP contribution in [0.5, 0.6) is 17.2 Å². The number of rotatable bonds is 10. The molecule has 6 nitrogen and oxygen atoms in total. The maximum Gasteiger partial charge on any atom is 0.252 e. The Kier molecular flexibility index (Phi) is 8.42. The van der Waals surface area contributed by atoms with Crippen LogP contribution in [0, 0.1) is 0 Å². The van der Waals surface area contributed by atoms with Crippen LogP contribution in [0.25, 0.3) is 0 Å². The molecule has 7 heteroatoms. The first kappa shape index (κ1) is 21.9. The second-order valence-electron chi connectivity index (χ2n) is 6.47. The summed E-state index contributed by atoms with van der Waals surface area (Å²) in [7, 11) is 1.59. The number of carbonyl (C=O) groups excluding carboxylic acids is 1. The van der Waals surface area contributed by atoms with Crippen LogP contribution in [0.15, 0.2) is 42.5 Å². The minimum Gasteiger partial charge on any atom is -0.493 e. The number of amides is 1. The lowest BCUT2D eigenvalue weighted by Gasteiger charge is -2.15. The molecule has 0 heterocycles. The fourth-order valence-corrected chi connectivity index (χ4v) is 2.57. The van der Waals surface area contributed by atoms with Gasteiger partial charge in [-0.1, -0.05) is 17.7 Å².